The van der Waals surface area contributed by atoms with Crippen molar-refractivity contribution in [2.45, 2.75) is 10.9 Å². The van der Waals surface area contributed by atoms with Gasteiger partial charge in [-0.1, -0.05) is 6.07 Å². The summed E-state index contributed by atoms with van der Waals surface area (Å²) < 4.78 is 12.9. The van der Waals surface area contributed by atoms with Crippen LogP contribution >= 0.6 is 11.8 Å². The van der Waals surface area contributed by atoms with Crippen LogP contribution in [0, 0.1) is 5.82 Å². The van der Waals surface area contributed by atoms with Gasteiger partial charge >= 0.3 is 0 Å². The summed E-state index contributed by atoms with van der Waals surface area (Å²) >= 11 is 1.50. The van der Waals surface area contributed by atoms with Crippen molar-refractivity contribution in [2.24, 2.45) is 5.73 Å². The highest BCUT2D eigenvalue weighted by molar-refractivity contribution is 7.99. The van der Waals surface area contributed by atoms with E-state index in [0.29, 0.717) is 5.75 Å². The van der Waals surface area contributed by atoms with Crippen LogP contribution < -0.4 is 5.73 Å². The molecular formula is C12H12FN3S. The van der Waals surface area contributed by atoms with Crippen LogP contribution in [0.15, 0.2) is 47.8 Å². The summed E-state index contributed by atoms with van der Waals surface area (Å²) in [5.74, 6) is 0.408. The topological polar surface area (TPSA) is 51.8 Å². The fourth-order valence-corrected chi connectivity index (χ4v) is 2.24. The Hall–Kier alpha value is -1.46. The number of benzene rings is 1. The van der Waals surface area contributed by atoms with Gasteiger partial charge in [-0.3, -0.25) is 9.97 Å². The molecular weight excluding hydrogens is 237 g/mol. The van der Waals surface area contributed by atoms with Gasteiger partial charge in [0, 0.05) is 29.2 Å². The van der Waals surface area contributed by atoms with Crippen LogP contribution in [-0.4, -0.2) is 15.7 Å². The minimum absolute atomic E-state index is 0.197. The van der Waals surface area contributed by atoms with Gasteiger partial charge in [-0.2, -0.15) is 0 Å². The molecule has 0 saturated heterocycles. The van der Waals surface area contributed by atoms with Gasteiger partial charge in [-0.15, -0.1) is 11.8 Å². The molecule has 0 aliphatic carbocycles. The minimum atomic E-state index is -0.233. The molecule has 17 heavy (non-hydrogen) atoms. The van der Waals surface area contributed by atoms with E-state index in [1.54, 1.807) is 24.7 Å². The van der Waals surface area contributed by atoms with Crippen molar-refractivity contribution in [3.8, 4) is 0 Å². The van der Waals surface area contributed by atoms with Crippen molar-refractivity contribution in [3.05, 3.63) is 54.4 Å². The Morgan fingerprint density at radius 1 is 1.35 bits per heavy atom. The first-order valence-electron chi connectivity index (χ1n) is 5.15. The highest BCUT2D eigenvalue weighted by Gasteiger charge is 2.08. The van der Waals surface area contributed by atoms with E-state index in [1.807, 2.05) is 6.07 Å². The summed E-state index contributed by atoms with van der Waals surface area (Å²) in [6.45, 7) is 0. The van der Waals surface area contributed by atoms with Crippen molar-refractivity contribution in [1.82, 2.24) is 9.97 Å². The summed E-state index contributed by atoms with van der Waals surface area (Å²) in [7, 11) is 0. The Morgan fingerprint density at radius 2 is 2.24 bits per heavy atom. The molecule has 1 heterocycles. The zero-order chi connectivity index (χ0) is 12.1. The van der Waals surface area contributed by atoms with Crippen LogP contribution in [0.1, 0.15) is 11.7 Å². The molecule has 0 bridgehead atoms. The van der Waals surface area contributed by atoms with Crippen molar-refractivity contribution in [3.63, 3.8) is 0 Å². The molecule has 2 N–H and O–H groups in total. The van der Waals surface area contributed by atoms with Gasteiger partial charge in [0.15, 0.2) is 0 Å². The second kappa shape index (κ2) is 5.75. The second-order valence-electron chi connectivity index (χ2n) is 3.51. The van der Waals surface area contributed by atoms with E-state index >= 15 is 0 Å². The zero-order valence-electron chi connectivity index (χ0n) is 9.08. The molecule has 1 aromatic carbocycles. The van der Waals surface area contributed by atoms with Crippen LogP contribution in [0.3, 0.4) is 0 Å². The Kier molecular flexibility index (Phi) is 4.06. The average Bonchev–Trinajstić information content (AvgIpc) is 2.37. The highest BCUT2D eigenvalue weighted by atomic mass is 32.2. The standard InChI is InChI=1S/C12H12FN3S/c13-9-2-1-3-10(6-9)17-8-11(14)12-7-15-4-5-16-12/h1-7,11H,8,14H2. The van der Waals surface area contributed by atoms with Gasteiger partial charge in [0.25, 0.3) is 0 Å². The summed E-state index contributed by atoms with van der Waals surface area (Å²) in [5, 5.41) is 0. The first-order valence-corrected chi connectivity index (χ1v) is 6.14. The van der Waals surface area contributed by atoms with Crippen molar-refractivity contribution in [1.29, 1.82) is 0 Å². The number of aromatic nitrogens is 2. The molecule has 1 unspecified atom stereocenters. The summed E-state index contributed by atoms with van der Waals surface area (Å²) in [5.41, 5.74) is 6.71. The Morgan fingerprint density at radius 3 is 2.94 bits per heavy atom. The number of thioether (sulfide) groups is 1. The minimum Gasteiger partial charge on any atom is -0.322 e. The van der Waals surface area contributed by atoms with Gasteiger partial charge in [0.05, 0.1) is 11.7 Å². The maximum absolute atomic E-state index is 12.9. The first kappa shape index (κ1) is 12.0. The Labute approximate surface area is 103 Å². The quantitative estimate of drug-likeness (QED) is 0.845. The molecule has 0 fully saturated rings. The van der Waals surface area contributed by atoms with E-state index in [0.717, 1.165) is 10.6 Å². The number of rotatable bonds is 4. The van der Waals surface area contributed by atoms with Crippen LogP contribution in [0.25, 0.3) is 0 Å². The molecule has 0 amide bonds. The SMILES string of the molecule is NC(CSc1cccc(F)c1)c1cnccn1. The molecule has 0 aliphatic rings. The normalized spacial score (nSPS) is 12.4. The molecule has 0 radical (unpaired) electrons. The monoisotopic (exact) mass is 249 g/mol. The van der Waals surface area contributed by atoms with Gasteiger partial charge in [0.1, 0.15) is 5.82 Å². The van der Waals surface area contributed by atoms with Crippen molar-refractivity contribution >= 4 is 11.8 Å². The maximum Gasteiger partial charge on any atom is 0.124 e. The third-order valence-corrected chi connectivity index (χ3v) is 3.30. The molecule has 2 aromatic rings. The third kappa shape index (κ3) is 3.51. The molecule has 2 rings (SSSR count). The lowest BCUT2D eigenvalue weighted by Gasteiger charge is -2.09. The lowest BCUT2D eigenvalue weighted by atomic mass is 10.3. The van der Waals surface area contributed by atoms with Gasteiger partial charge in [-0.05, 0) is 18.2 Å². The predicted octanol–water partition coefficient (Wildman–Crippen LogP) is 2.41. The number of hydrogen-bond donors (Lipinski definition) is 1. The number of nitrogens with zero attached hydrogens (tertiary/aromatic N) is 2. The third-order valence-electron chi connectivity index (χ3n) is 2.19. The van der Waals surface area contributed by atoms with E-state index in [1.165, 1.54) is 23.9 Å². The number of halogens is 1. The molecule has 0 spiro atoms. The molecule has 5 heteroatoms. The molecule has 0 aliphatic heterocycles. The Balaban J connectivity index is 1.95. The fourth-order valence-electron chi connectivity index (χ4n) is 1.33. The van der Waals surface area contributed by atoms with Crippen LogP contribution in [-0.2, 0) is 0 Å². The predicted molar refractivity (Wildman–Crippen MR) is 66.1 cm³/mol. The average molecular weight is 249 g/mol. The van der Waals surface area contributed by atoms with E-state index < -0.39 is 0 Å². The van der Waals surface area contributed by atoms with Crippen molar-refractivity contribution in [2.75, 3.05) is 5.75 Å². The molecule has 3 nitrogen and oxygen atoms in total. The summed E-state index contributed by atoms with van der Waals surface area (Å²) in [4.78, 5) is 8.96. The molecule has 0 saturated carbocycles. The van der Waals surface area contributed by atoms with E-state index in [2.05, 4.69) is 9.97 Å². The zero-order valence-corrected chi connectivity index (χ0v) is 9.90. The number of hydrogen-bond acceptors (Lipinski definition) is 4. The van der Waals surface area contributed by atoms with E-state index in [-0.39, 0.29) is 11.9 Å². The lowest BCUT2D eigenvalue weighted by molar-refractivity contribution is 0.624. The summed E-state index contributed by atoms with van der Waals surface area (Å²) in [6.07, 6.45) is 4.87. The smallest absolute Gasteiger partial charge is 0.124 e. The largest absolute Gasteiger partial charge is 0.322 e. The van der Waals surface area contributed by atoms with Crippen LogP contribution in [0.4, 0.5) is 4.39 Å². The first-order chi connectivity index (χ1) is 8.25. The second-order valence-corrected chi connectivity index (χ2v) is 4.60. The summed E-state index contributed by atoms with van der Waals surface area (Å²) in [6, 6.07) is 6.26. The van der Waals surface area contributed by atoms with Crippen LogP contribution in [0.2, 0.25) is 0 Å². The van der Waals surface area contributed by atoms with Gasteiger partial charge in [0.2, 0.25) is 0 Å². The van der Waals surface area contributed by atoms with E-state index in [4.69, 9.17) is 5.73 Å². The molecule has 1 aromatic heterocycles. The van der Waals surface area contributed by atoms with Crippen molar-refractivity contribution < 1.29 is 4.39 Å². The van der Waals surface area contributed by atoms with E-state index in [9.17, 15) is 4.39 Å². The van der Waals surface area contributed by atoms with Gasteiger partial charge < -0.3 is 5.73 Å². The maximum atomic E-state index is 12.9. The molecule has 88 valence electrons. The highest BCUT2D eigenvalue weighted by Crippen LogP contribution is 2.22. The van der Waals surface area contributed by atoms with Crippen LogP contribution in [0.5, 0.6) is 0 Å². The number of nitrogens with two attached hydrogens (primary N) is 1. The Bertz CT molecular complexity index is 478. The lowest BCUT2D eigenvalue weighted by Crippen LogP contribution is -2.14. The fraction of sp³-hybridized carbons (Fsp3) is 0.167. The molecule has 1 atom stereocenters. The van der Waals surface area contributed by atoms with Gasteiger partial charge in [-0.25, -0.2) is 4.39 Å².